The predicted molar refractivity (Wildman–Crippen MR) is 132 cm³/mol. The largest absolute Gasteiger partial charge is 0.294 e. The lowest BCUT2D eigenvalue weighted by atomic mass is 9.70. The smallest absolute Gasteiger partial charge is 0.268 e. The topological polar surface area (TPSA) is 56.1 Å². The lowest BCUT2D eigenvalue weighted by Crippen LogP contribution is -2.36. The van der Waals surface area contributed by atoms with Crippen molar-refractivity contribution in [1.82, 2.24) is 3.97 Å². The molecule has 1 aliphatic rings. The van der Waals surface area contributed by atoms with Crippen molar-refractivity contribution in [2.75, 3.05) is 0 Å². The summed E-state index contributed by atoms with van der Waals surface area (Å²) in [5.41, 5.74) is 3.37. The second-order valence-corrected chi connectivity index (χ2v) is 11.0. The van der Waals surface area contributed by atoms with Gasteiger partial charge in [0, 0.05) is 16.6 Å². The van der Waals surface area contributed by atoms with Crippen LogP contribution in [0.1, 0.15) is 29.2 Å². The summed E-state index contributed by atoms with van der Waals surface area (Å²) in [6, 6.07) is 19.8. The lowest BCUT2D eigenvalue weighted by molar-refractivity contribution is -0.119. The minimum atomic E-state index is -3.83. The maximum absolute atomic E-state index is 13.5. The first-order chi connectivity index (χ1) is 15.7. The van der Waals surface area contributed by atoms with Crippen molar-refractivity contribution in [1.29, 1.82) is 0 Å². The molecule has 0 bridgehead atoms. The number of carbonyl (C=O) groups is 1. The molecule has 0 fully saturated rings. The number of fused-ring (bicyclic) bond motifs is 2. The zero-order valence-corrected chi connectivity index (χ0v) is 19.8. The van der Waals surface area contributed by atoms with Crippen molar-refractivity contribution in [3.8, 4) is 0 Å². The first-order valence-electron chi connectivity index (χ1n) is 10.6. The molecule has 0 spiro atoms. The Hall–Kier alpha value is -3.15. The summed E-state index contributed by atoms with van der Waals surface area (Å²) in [6.07, 6.45) is 5.43. The molecule has 4 nitrogen and oxygen atoms in total. The van der Waals surface area contributed by atoms with E-state index >= 15 is 0 Å². The normalized spacial score (nSPS) is 18.0. The van der Waals surface area contributed by atoms with Crippen LogP contribution in [-0.4, -0.2) is 18.2 Å². The summed E-state index contributed by atoms with van der Waals surface area (Å²) in [5, 5.41) is 1.23. The molecule has 0 amide bonds. The molecule has 0 saturated carbocycles. The molecular formula is C27H22ClNO3S. The summed E-state index contributed by atoms with van der Waals surface area (Å²) in [5.74, 6) is -0.00878. The molecule has 0 aliphatic heterocycles. The molecule has 5 rings (SSSR count). The van der Waals surface area contributed by atoms with Gasteiger partial charge in [-0.1, -0.05) is 59.6 Å². The second-order valence-electron chi connectivity index (χ2n) is 8.72. The van der Waals surface area contributed by atoms with Gasteiger partial charge in [0.25, 0.3) is 10.0 Å². The Bertz CT molecular complexity index is 1550. The summed E-state index contributed by atoms with van der Waals surface area (Å²) < 4.78 is 28.4. The zero-order valence-electron chi connectivity index (χ0n) is 18.2. The molecule has 1 aromatic heterocycles. The SMILES string of the molecule is Cc1ccc(S(=O)(=O)n2cc(C[C@]3(C)C(=O)C=Cc4ccccc43)c3cc(Cl)ccc32)cc1. The van der Waals surface area contributed by atoms with Gasteiger partial charge in [0.2, 0.25) is 0 Å². The third kappa shape index (κ3) is 3.52. The molecule has 4 aromatic rings. The number of rotatable bonds is 4. The number of hydrogen-bond acceptors (Lipinski definition) is 3. The van der Waals surface area contributed by atoms with Crippen molar-refractivity contribution in [3.05, 3.63) is 106 Å². The number of benzene rings is 3. The van der Waals surface area contributed by atoms with Crippen LogP contribution in [0.15, 0.2) is 83.9 Å². The summed E-state index contributed by atoms with van der Waals surface area (Å²) in [7, 11) is -3.83. The number of ketones is 1. The van der Waals surface area contributed by atoms with Gasteiger partial charge in [-0.05, 0) is 73.4 Å². The van der Waals surface area contributed by atoms with Gasteiger partial charge in [0.05, 0.1) is 15.8 Å². The van der Waals surface area contributed by atoms with Gasteiger partial charge < -0.3 is 0 Å². The van der Waals surface area contributed by atoms with E-state index in [4.69, 9.17) is 11.6 Å². The van der Waals surface area contributed by atoms with Crippen LogP contribution in [0.25, 0.3) is 17.0 Å². The van der Waals surface area contributed by atoms with E-state index in [1.807, 2.05) is 44.2 Å². The van der Waals surface area contributed by atoms with Crippen LogP contribution in [0.3, 0.4) is 0 Å². The molecule has 3 aromatic carbocycles. The Balaban J connectivity index is 1.69. The van der Waals surface area contributed by atoms with Crippen LogP contribution in [0.5, 0.6) is 0 Å². The van der Waals surface area contributed by atoms with E-state index in [2.05, 4.69) is 0 Å². The predicted octanol–water partition coefficient (Wildman–Crippen LogP) is 5.94. The van der Waals surface area contributed by atoms with Crippen molar-refractivity contribution >= 4 is 44.4 Å². The number of nitrogens with zero attached hydrogens (tertiary/aromatic N) is 1. The van der Waals surface area contributed by atoms with E-state index in [0.717, 1.165) is 27.6 Å². The van der Waals surface area contributed by atoms with E-state index < -0.39 is 15.4 Å². The molecular weight excluding hydrogens is 454 g/mol. The van der Waals surface area contributed by atoms with Crippen LogP contribution >= 0.6 is 11.6 Å². The molecule has 0 unspecified atom stereocenters. The molecule has 6 heteroatoms. The fourth-order valence-electron chi connectivity index (χ4n) is 4.59. The van der Waals surface area contributed by atoms with E-state index in [-0.39, 0.29) is 10.7 Å². The fraction of sp³-hybridized carbons (Fsp3) is 0.148. The average Bonchev–Trinajstić information content (AvgIpc) is 3.15. The summed E-state index contributed by atoms with van der Waals surface area (Å²) in [4.78, 5) is 13.3. The van der Waals surface area contributed by atoms with E-state index in [9.17, 15) is 13.2 Å². The Morgan fingerprint density at radius 3 is 2.45 bits per heavy atom. The minimum absolute atomic E-state index is 0.00878. The maximum atomic E-state index is 13.5. The Labute approximate surface area is 198 Å². The van der Waals surface area contributed by atoms with Crippen LogP contribution in [0.2, 0.25) is 5.02 Å². The van der Waals surface area contributed by atoms with Gasteiger partial charge in [0.1, 0.15) is 0 Å². The van der Waals surface area contributed by atoms with E-state index in [0.29, 0.717) is 17.0 Å². The number of halogens is 1. The average molecular weight is 476 g/mol. The number of allylic oxidation sites excluding steroid dienone is 1. The first-order valence-corrected chi connectivity index (χ1v) is 12.5. The van der Waals surface area contributed by atoms with Crippen molar-refractivity contribution in [2.45, 2.75) is 30.6 Å². The lowest BCUT2D eigenvalue weighted by Gasteiger charge is -2.31. The zero-order chi connectivity index (χ0) is 23.4. The van der Waals surface area contributed by atoms with Crippen LogP contribution in [0.4, 0.5) is 0 Å². The highest BCUT2D eigenvalue weighted by atomic mass is 35.5. The highest BCUT2D eigenvalue weighted by molar-refractivity contribution is 7.90. The van der Waals surface area contributed by atoms with Crippen LogP contribution < -0.4 is 0 Å². The standard InChI is InChI=1S/C27H22ClNO3S/c1-18-7-11-22(12-8-18)33(31,32)29-17-20(23-15-21(28)10-13-25(23)29)16-27(2)24-6-4-3-5-19(24)9-14-26(27)30/h3-15,17H,16H2,1-2H3/t27-/m0/s1. The van der Waals surface area contributed by atoms with Crippen molar-refractivity contribution in [3.63, 3.8) is 0 Å². The monoisotopic (exact) mass is 475 g/mol. The molecule has 0 radical (unpaired) electrons. The second kappa shape index (κ2) is 7.72. The third-order valence-electron chi connectivity index (χ3n) is 6.45. The van der Waals surface area contributed by atoms with Crippen molar-refractivity contribution < 1.29 is 13.2 Å². The summed E-state index contributed by atoms with van der Waals surface area (Å²) >= 11 is 6.30. The first kappa shape index (κ1) is 21.7. The number of aryl methyl sites for hydroxylation is 1. The highest BCUT2D eigenvalue weighted by Crippen LogP contribution is 2.39. The molecule has 166 valence electrons. The molecule has 0 N–H and O–H groups in total. The molecule has 1 heterocycles. The van der Waals surface area contributed by atoms with Gasteiger partial charge >= 0.3 is 0 Å². The van der Waals surface area contributed by atoms with Gasteiger partial charge in [-0.2, -0.15) is 0 Å². The Morgan fingerprint density at radius 2 is 1.70 bits per heavy atom. The van der Waals surface area contributed by atoms with E-state index in [1.54, 1.807) is 54.7 Å². The molecule has 0 saturated heterocycles. The maximum Gasteiger partial charge on any atom is 0.268 e. The highest BCUT2D eigenvalue weighted by Gasteiger charge is 2.38. The Kier molecular flexibility index (Phi) is 5.07. The van der Waals surface area contributed by atoms with Gasteiger partial charge in [0.15, 0.2) is 5.78 Å². The molecule has 33 heavy (non-hydrogen) atoms. The van der Waals surface area contributed by atoms with Crippen LogP contribution in [0, 0.1) is 6.92 Å². The van der Waals surface area contributed by atoms with E-state index in [1.165, 1.54) is 3.97 Å². The number of carbonyl (C=O) groups excluding carboxylic acids is 1. The van der Waals surface area contributed by atoms with Crippen LogP contribution in [-0.2, 0) is 26.7 Å². The summed E-state index contributed by atoms with van der Waals surface area (Å²) in [6.45, 7) is 3.83. The quantitative estimate of drug-likeness (QED) is 0.367. The molecule has 1 aliphatic carbocycles. The fourth-order valence-corrected chi connectivity index (χ4v) is 6.16. The third-order valence-corrected chi connectivity index (χ3v) is 8.37. The number of aromatic nitrogens is 1. The van der Waals surface area contributed by atoms with Crippen molar-refractivity contribution in [2.24, 2.45) is 0 Å². The Morgan fingerprint density at radius 1 is 0.970 bits per heavy atom. The van der Waals surface area contributed by atoms with Gasteiger partial charge in [-0.25, -0.2) is 12.4 Å². The number of hydrogen-bond donors (Lipinski definition) is 0. The van der Waals surface area contributed by atoms with Gasteiger partial charge in [-0.15, -0.1) is 0 Å². The molecule has 1 atom stereocenters. The minimum Gasteiger partial charge on any atom is -0.294 e. The van der Waals surface area contributed by atoms with Gasteiger partial charge in [-0.3, -0.25) is 4.79 Å².